The van der Waals surface area contributed by atoms with Crippen LogP contribution in [-0.2, 0) is 40.1 Å². The smallest absolute Gasteiger partial charge is 0.329 e. The van der Waals surface area contributed by atoms with Crippen molar-refractivity contribution in [2.24, 2.45) is 0 Å². The van der Waals surface area contributed by atoms with Crippen molar-refractivity contribution in [1.29, 1.82) is 0 Å². The van der Waals surface area contributed by atoms with E-state index in [4.69, 9.17) is 9.84 Å². The van der Waals surface area contributed by atoms with Crippen molar-refractivity contribution in [1.82, 2.24) is 21.3 Å². The number of aliphatic carboxylic acids is 1. The molecule has 0 radical (unpaired) electrons. The maximum Gasteiger partial charge on any atom is 0.329 e. The second kappa shape index (κ2) is 46.4. The highest BCUT2D eigenvalue weighted by Crippen LogP contribution is 2.15. The number of carboxylic acids is 1. The summed E-state index contributed by atoms with van der Waals surface area (Å²) in [7, 11) is 0. The number of benzene rings is 1. The van der Waals surface area contributed by atoms with Gasteiger partial charge in [-0.3, -0.25) is 24.0 Å². The number of esters is 1. The van der Waals surface area contributed by atoms with E-state index in [1.165, 1.54) is 141 Å². The molecule has 5 N–H and O–H groups in total. The molecule has 0 saturated carbocycles. The average Bonchev–Trinajstić information content (AvgIpc) is 3.33. The summed E-state index contributed by atoms with van der Waals surface area (Å²) in [5.74, 6) is -3.43. The predicted octanol–water partition coefficient (Wildman–Crippen LogP) is 12.9. The number of carbonyl (C=O) groups is 6. The highest BCUT2D eigenvalue weighted by atomic mass is 16.5. The lowest BCUT2D eigenvalue weighted by Crippen LogP contribution is -2.51. The fourth-order valence-electron chi connectivity index (χ4n) is 8.67. The Balaban J connectivity index is 2.72. The number of carboxylic acid groups (broad SMARTS) is 1. The topological polar surface area (TPSA) is 180 Å². The number of rotatable bonds is 49. The number of carbonyl (C=O) groups excluding carboxylic acids is 5. The van der Waals surface area contributed by atoms with Gasteiger partial charge >= 0.3 is 11.9 Å². The van der Waals surface area contributed by atoms with Gasteiger partial charge in [0, 0.05) is 25.9 Å². The van der Waals surface area contributed by atoms with E-state index in [-0.39, 0.29) is 31.8 Å². The lowest BCUT2D eigenvalue weighted by atomic mass is 10.0. The first kappa shape index (κ1) is 63.1. The van der Waals surface area contributed by atoms with E-state index in [0.29, 0.717) is 25.9 Å². The average molecular weight is 969 g/mol. The minimum Gasteiger partial charge on any atom is -0.481 e. The van der Waals surface area contributed by atoms with E-state index in [0.717, 1.165) is 69.8 Å². The molecule has 0 saturated heterocycles. The summed E-state index contributed by atoms with van der Waals surface area (Å²) in [6, 6.07) is 6.65. The summed E-state index contributed by atoms with van der Waals surface area (Å²) in [5.41, 5.74) is 0.749. The number of nitrogens with one attached hydrogen (secondary N) is 4. The van der Waals surface area contributed by atoms with Crippen molar-refractivity contribution in [2.45, 2.75) is 277 Å². The molecule has 1 rings (SSSR count). The van der Waals surface area contributed by atoms with Gasteiger partial charge < -0.3 is 31.1 Å². The minimum absolute atomic E-state index is 0.0424. The maximum absolute atomic E-state index is 13.6. The second-order valence-electron chi connectivity index (χ2n) is 19.6. The summed E-state index contributed by atoms with van der Waals surface area (Å²) in [5, 5.41) is 20.1. The van der Waals surface area contributed by atoms with Crippen molar-refractivity contribution >= 4 is 35.6 Å². The Labute approximate surface area is 419 Å². The third-order valence-corrected chi connectivity index (χ3v) is 13.0. The molecule has 1 aromatic carbocycles. The zero-order chi connectivity index (χ0) is 50.3. The van der Waals surface area contributed by atoms with Crippen LogP contribution in [0.15, 0.2) is 30.3 Å². The third kappa shape index (κ3) is 40.5. The number of amides is 4. The van der Waals surface area contributed by atoms with Crippen molar-refractivity contribution < 1.29 is 38.6 Å². The molecule has 12 nitrogen and oxygen atoms in total. The molecule has 4 amide bonds. The van der Waals surface area contributed by atoms with Gasteiger partial charge in [-0.25, -0.2) is 4.79 Å². The largest absolute Gasteiger partial charge is 0.481 e. The first-order valence-corrected chi connectivity index (χ1v) is 28.2. The highest BCUT2D eigenvalue weighted by Gasteiger charge is 2.29. The van der Waals surface area contributed by atoms with Crippen LogP contribution in [0.25, 0.3) is 0 Å². The Hall–Kier alpha value is -3.96. The normalized spacial score (nSPS) is 12.0. The van der Waals surface area contributed by atoms with Crippen LogP contribution in [-0.4, -0.2) is 65.8 Å². The van der Waals surface area contributed by atoms with Gasteiger partial charge in [-0.2, -0.15) is 0 Å². The molecule has 0 unspecified atom stereocenters. The Bertz CT molecular complexity index is 1440. The third-order valence-electron chi connectivity index (χ3n) is 13.0. The van der Waals surface area contributed by atoms with Gasteiger partial charge in [0.15, 0.2) is 0 Å². The van der Waals surface area contributed by atoms with Gasteiger partial charge in [-0.1, -0.05) is 237 Å². The van der Waals surface area contributed by atoms with E-state index in [9.17, 15) is 28.8 Å². The molecule has 0 fully saturated rings. The van der Waals surface area contributed by atoms with Crippen molar-refractivity contribution in [3.05, 3.63) is 35.9 Å². The molecule has 0 aliphatic carbocycles. The predicted molar refractivity (Wildman–Crippen MR) is 281 cm³/mol. The zero-order valence-corrected chi connectivity index (χ0v) is 43.8. The van der Waals surface area contributed by atoms with Gasteiger partial charge in [0.1, 0.15) is 18.7 Å². The molecular formula is C57H100N4O8. The SMILES string of the molecule is CCCCCCCCCCCCCCCCNC(=O)C[C@H](NC(=O)C[C@H](NC(=O)CCCCCCCCC(=O)O)C(=O)OCc1ccccc1)C(=O)NCCCCCCCCCCCCCCCC. The molecule has 0 spiro atoms. The molecule has 0 aliphatic heterocycles. The van der Waals surface area contributed by atoms with Crippen LogP contribution < -0.4 is 21.3 Å². The molecule has 69 heavy (non-hydrogen) atoms. The summed E-state index contributed by atoms with van der Waals surface area (Å²) in [6.45, 7) is 5.38. The zero-order valence-electron chi connectivity index (χ0n) is 43.8. The summed E-state index contributed by atoms with van der Waals surface area (Å²) in [4.78, 5) is 77.7. The van der Waals surface area contributed by atoms with Gasteiger partial charge in [0.2, 0.25) is 23.6 Å². The van der Waals surface area contributed by atoms with Crippen molar-refractivity contribution in [3.8, 4) is 0 Å². The van der Waals surface area contributed by atoms with Gasteiger partial charge in [-0.15, -0.1) is 0 Å². The van der Waals surface area contributed by atoms with Crippen LogP contribution in [0.4, 0.5) is 0 Å². The quantitative estimate of drug-likeness (QED) is 0.0316. The summed E-state index contributed by atoms with van der Waals surface area (Å²) in [6.07, 6.45) is 38.7. The molecule has 12 heteroatoms. The fraction of sp³-hybridized carbons (Fsp3) is 0.789. The van der Waals surface area contributed by atoms with Crippen LogP contribution >= 0.6 is 0 Å². The minimum atomic E-state index is -1.30. The molecule has 396 valence electrons. The van der Waals surface area contributed by atoms with Crippen LogP contribution in [0.2, 0.25) is 0 Å². The van der Waals surface area contributed by atoms with Crippen molar-refractivity contribution in [2.75, 3.05) is 13.1 Å². The molecule has 0 heterocycles. The van der Waals surface area contributed by atoms with Crippen LogP contribution in [0.5, 0.6) is 0 Å². The lowest BCUT2D eigenvalue weighted by Gasteiger charge is -2.21. The number of hydrogen-bond donors (Lipinski definition) is 5. The molecule has 0 aliphatic rings. The fourth-order valence-corrected chi connectivity index (χ4v) is 8.67. The van der Waals surface area contributed by atoms with Crippen LogP contribution in [0, 0.1) is 0 Å². The Morgan fingerprint density at radius 2 is 0.812 bits per heavy atom. The van der Waals surface area contributed by atoms with E-state index >= 15 is 0 Å². The molecular weight excluding hydrogens is 869 g/mol. The lowest BCUT2D eigenvalue weighted by molar-refractivity contribution is -0.150. The number of unbranched alkanes of at least 4 members (excludes halogenated alkanes) is 31. The van der Waals surface area contributed by atoms with E-state index in [1.807, 2.05) is 30.3 Å². The number of ether oxygens (including phenoxy) is 1. The molecule has 1 aromatic rings. The van der Waals surface area contributed by atoms with Gasteiger partial charge in [-0.05, 0) is 31.2 Å². The standard InChI is InChI=1S/C57H100N4O8/c1-3-5-7-9-11-13-15-17-19-21-23-27-31-38-44-58-53(63)46-50(56(67)59-45-39-32-28-24-22-20-18-16-14-12-10-8-6-4-2)60-54(64)47-51(57(68)69-48-49-40-34-33-35-41-49)61-52(62)42-36-29-25-26-30-37-43-55(65)66/h33-35,40-41,50-51H,3-32,36-39,42-48H2,1-2H3,(H,58,63)(H,59,67)(H,60,64)(H,61,62)(H,65,66)/t50-,51-/m0/s1. The number of hydrogen-bond acceptors (Lipinski definition) is 7. The Morgan fingerprint density at radius 3 is 1.26 bits per heavy atom. The molecule has 0 bridgehead atoms. The molecule has 0 aromatic heterocycles. The monoisotopic (exact) mass is 969 g/mol. The first-order chi connectivity index (χ1) is 33.7. The van der Waals surface area contributed by atoms with Gasteiger partial charge in [0.05, 0.1) is 12.8 Å². The Kier molecular flexibility index (Phi) is 42.4. The van der Waals surface area contributed by atoms with E-state index in [1.54, 1.807) is 0 Å². The van der Waals surface area contributed by atoms with Crippen molar-refractivity contribution in [3.63, 3.8) is 0 Å². The second-order valence-corrected chi connectivity index (χ2v) is 19.6. The summed E-state index contributed by atoms with van der Waals surface area (Å²) < 4.78 is 5.54. The van der Waals surface area contributed by atoms with Gasteiger partial charge in [0.25, 0.3) is 0 Å². The highest BCUT2D eigenvalue weighted by molar-refractivity contribution is 5.94. The maximum atomic E-state index is 13.6. The van der Waals surface area contributed by atoms with E-state index in [2.05, 4.69) is 35.1 Å². The van der Waals surface area contributed by atoms with Crippen LogP contribution in [0.1, 0.15) is 263 Å². The van der Waals surface area contributed by atoms with E-state index < -0.39 is 48.2 Å². The first-order valence-electron chi connectivity index (χ1n) is 28.2. The van der Waals surface area contributed by atoms with Crippen LogP contribution in [0.3, 0.4) is 0 Å². The Morgan fingerprint density at radius 1 is 0.435 bits per heavy atom. The summed E-state index contributed by atoms with van der Waals surface area (Å²) >= 11 is 0. The molecule has 2 atom stereocenters.